The predicted octanol–water partition coefficient (Wildman–Crippen LogP) is 0.311. The fourth-order valence-electron chi connectivity index (χ4n) is 1.18. The van der Waals surface area contributed by atoms with E-state index in [9.17, 15) is 4.79 Å². The van der Waals surface area contributed by atoms with Crippen LogP contribution < -0.4 is 5.73 Å². The maximum atomic E-state index is 11.7. The van der Waals surface area contributed by atoms with Crippen LogP contribution in [0.3, 0.4) is 0 Å². The number of likely N-dealkylation sites (N-methyl/N-ethyl adjacent to an activating group) is 1. The summed E-state index contributed by atoms with van der Waals surface area (Å²) in [6, 6.07) is 3.50. The van der Waals surface area contributed by atoms with Crippen LogP contribution in [-0.4, -0.2) is 43.1 Å². The highest BCUT2D eigenvalue weighted by atomic mass is 16.5. The summed E-state index contributed by atoms with van der Waals surface area (Å²) in [6.45, 7) is 1.13. The van der Waals surface area contributed by atoms with Gasteiger partial charge < -0.3 is 15.4 Å². The highest BCUT2D eigenvalue weighted by molar-refractivity contribution is 5.78. The van der Waals surface area contributed by atoms with Crippen LogP contribution in [0.4, 0.5) is 5.69 Å². The second-order valence-corrected chi connectivity index (χ2v) is 3.57. The molecule has 0 saturated heterocycles. The first-order valence-electron chi connectivity index (χ1n) is 5.07. The van der Waals surface area contributed by atoms with Gasteiger partial charge in [0.2, 0.25) is 5.91 Å². The van der Waals surface area contributed by atoms with E-state index in [4.69, 9.17) is 10.5 Å². The first-order chi connectivity index (χ1) is 7.63. The number of rotatable bonds is 5. The summed E-state index contributed by atoms with van der Waals surface area (Å²) in [5, 5.41) is 0. The van der Waals surface area contributed by atoms with Gasteiger partial charge in [-0.05, 0) is 12.1 Å². The van der Waals surface area contributed by atoms with Crippen molar-refractivity contribution < 1.29 is 9.53 Å². The van der Waals surface area contributed by atoms with E-state index in [0.717, 1.165) is 5.69 Å². The van der Waals surface area contributed by atoms with Crippen molar-refractivity contribution in [2.75, 3.05) is 33.0 Å². The van der Waals surface area contributed by atoms with E-state index in [-0.39, 0.29) is 5.91 Å². The minimum Gasteiger partial charge on any atom is -0.397 e. The van der Waals surface area contributed by atoms with Gasteiger partial charge in [0, 0.05) is 26.4 Å². The number of ether oxygens (including phenoxy) is 1. The summed E-state index contributed by atoms with van der Waals surface area (Å²) in [7, 11) is 3.36. The van der Waals surface area contributed by atoms with Crippen LogP contribution in [0.1, 0.15) is 5.69 Å². The van der Waals surface area contributed by atoms with Gasteiger partial charge in [0.25, 0.3) is 0 Å². The molecular weight excluding hydrogens is 206 g/mol. The number of aromatic nitrogens is 1. The van der Waals surface area contributed by atoms with E-state index >= 15 is 0 Å². The predicted molar refractivity (Wildman–Crippen MR) is 61.9 cm³/mol. The third kappa shape index (κ3) is 3.86. The average Bonchev–Trinajstić information content (AvgIpc) is 2.29. The summed E-state index contributed by atoms with van der Waals surface area (Å²) < 4.78 is 4.90. The maximum absolute atomic E-state index is 11.7. The Balaban J connectivity index is 2.47. The van der Waals surface area contributed by atoms with E-state index in [1.54, 1.807) is 37.4 Å². The Hall–Kier alpha value is -1.62. The summed E-state index contributed by atoms with van der Waals surface area (Å²) in [5.74, 6) is 0.0225. The van der Waals surface area contributed by atoms with Crippen molar-refractivity contribution >= 4 is 11.6 Å². The second-order valence-electron chi connectivity index (χ2n) is 3.57. The van der Waals surface area contributed by atoms with E-state index in [2.05, 4.69) is 4.98 Å². The smallest absolute Gasteiger partial charge is 0.228 e. The van der Waals surface area contributed by atoms with Crippen LogP contribution in [0.15, 0.2) is 18.3 Å². The second kappa shape index (κ2) is 6.07. The Morgan fingerprint density at radius 3 is 2.88 bits per heavy atom. The number of hydrogen-bond donors (Lipinski definition) is 1. The van der Waals surface area contributed by atoms with Crippen LogP contribution in [0, 0.1) is 0 Å². The van der Waals surface area contributed by atoms with Crippen molar-refractivity contribution in [2.24, 2.45) is 0 Å². The molecule has 1 aromatic rings. The lowest BCUT2D eigenvalue weighted by atomic mass is 10.2. The fraction of sp³-hybridized carbons (Fsp3) is 0.455. The number of pyridine rings is 1. The molecule has 0 aromatic carbocycles. The Morgan fingerprint density at radius 1 is 1.56 bits per heavy atom. The molecule has 5 nitrogen and oxygen atoms in total. The molecule has 16 heavy (non-hydrogen) atoms. The van der Waals surface area contributed by atoms with Crippen molar-refractivity contribution in [3.05, 3.63) is 24.0 Å². The molecule has 0 saturated carbocycles. The number of anilines is 1. The summed E-state index contributed by atoms with van der Waals surface area (Å²) in [5.41, 5.74) is 6.83. The Kier molecular flexibility index (Phi) is 4.72. The summed E-state index contributed by atoms with van der Waals surface area (Å²) in [6.07, 6.45) is 1.85. The number of nitrogens with zero attached hydrogens (tertiary/aromatic N) is 2. The quantitative estimate of drug-likeness (QED) is 0.780. The summed E-state index contributed by atoms with van der Waals surface area (Å²) in [4.78, 5) is 17.4. The molecule has 0 radical (unpaired) electrons. The summed E-state index contributed by atoms with van der Waals surface area (Å²) >= 11 is 0. The highest BCUT2D eigenvalue weighted by Crippen LogP contribution is 2.03. The van der Waals surface area contributed by atoms with Crippen LogP contribution >= 0.6 is 0 Å². The average molecular weight is 223 g/mol. The molecule has 0 bridgehead atoms. The Labute approximate surface area is 95.2 Å². The molecule has 1 rings (SSSR count). The lowest BCUT2D eigenvalue weighted by molar-refractivity contribution is -0.129. The molecule has 0 fully saturated rings. The number of amides is 1. The van der Waals surface area contributed by atoms with Gasteiger partial charge in [-0.2, -0.15) is 0 Å². The highest BCUT2D eigenvalue weighted by Gasteiger charge is 2.09. The molecule has 0 spiro atoms. The van der Waals surface area contributed by atoms with Gasteiger partial charge in [-0.25, -0.2) is 0 Å². The number of methoxy groups -OCH3 is 1. The lowest BCUT2D eigenvalue weighted by Crippen LogP contribution is -2.31. The van der Waals surface area contributed by atoms with Gasteiger partial charge >= 0.3 is 0 Å². The molecule has 0 aliphatic heterocycles. The van der Waals surface area contributed by atoms with E-state index in [0.29, 0.717) is 25.3 Å². The fourth-order valence-corrected chi connectivity index (χ4v) is 1.18. The Bertz CT molecular complexity index is 338. The third-order valence-electron chi connectivity index (χ3n) is 2.24. The van der Waals surface area contributed by atoms with Gasteiger partial charge in [0.05, 0.1) is 24.9 Å². The third-order valence-corrected chi connectivity index (χ3v) is 2.24. The minimum atomic E-state index is 0.0225. The van der Waals surface area contributed by atoms with Gasteiger partial charge in [-0.1, -0.05) is 0 Å². The first kappa shape index (κ1) is 12.4. The molecule has 2 N–H and O–H groups in total. The van der Waals surface area contributed by atoms with Gasteiger partial charge in [-0.3, -0.25) is 9.78 Å². The molecule has 5 heteroatoms. The zero-order valence-electron chi connectivity index (χ0n) is 9.64. The minimum absolute atomic E-state index is 0.0225. The molecule has 1 aromatic heterocycles. The first-order valence-corrected chi connectivity index (χ1v) is 5.07. The number of nitrogen functional groups attached to an aromatic ring is 1. The number of carbonyl (C=O) groups excluding carboxylic acids is 1. The zero-order valence-corrected chi connectivity index (χ0v) is 9.64. The molecule has 88 valence electrons. The molecule has 0 aliphatic carbocycles. The van der Waals surface area contributed by atoms with Crippen molar-refractivity contribution in [3.63, 3.8) is 0 Å². The van der Waals surface area contributed by atoms with Crippen molar-refractivity contribution in [1.29, 1.82) is 0 Å². The maximum Gasteiger partial charge on any atom is 0.228 e. The normalized spacial score (nSPS) is 10.1. The zero-order chi connectivity index (χ0) is 12.0. The van der Waals surface area contributed by atoms with Gasteiger partial charge in [0.1, 0.15) is 0 Å². The molecule has 1 amide bonds. The molecular formula is C11H17N3O2. The molecule has 0 aliphatic rings. The number of nitrogens with two attached hydrogens (primary N) is 1. The molecule has 0 unspecified atom stereocenters. The van der Waals surface area contributed by atoms with Crippen LogP contribution in [0.25, 0.3) is 0 Å². The largest absolute Gasteiger partial charge is 0.397 e. The SMILES string of the molecule is COCCN(C)C(=O)Cc1ccc(N)cn1. The van der Waals surface area contributed by atoms with Crippen molar-refractivity contribution in [1.82, 2.24) is 9.88 Å². The number of carbonyl (C=O) groups is 1. The van der Waals surface area contributed by atoms with Gasteiger partial charge in [-0.15, -0.1) is 0 Å². The molecule has 0 atom stereocenters. The van der Waals surface area contributed by atoms with Crippen LogP contribution in [0.2, 0.25) is 0 Å². The van der Waals surface area contributed by atoms with Crippen molar-refractivity contribution in [2.45, 2.75) is 6.42 Å². The Morgan fingerprint density at radius 2 is 2.31 bits per heavy atom. The standard InChI is InChI=1S/C11H17N3O2/c1-14(5-6-16-2)11(15)7-10-4-3-9(12)8-13-10/h3-4,8H,5-7,12H2,1-2H3. The monoisotopic (exact) mass is 223 g/mol. The van der Waals surface area contributed by atoms with E-state index < -0.39 is 0 Å². The van der Waals surface area contributed by atoms with Crippen LogP contribution in [-0.2, 0) is 16.0 Å². The molecule has 1 heterocycles. The number of hydrogen-bond acceptors (Lipinski definition) is 4. The van der Waals surface area contributed by atoms with Gasteiger partial charge in [0.15, 0.2) is 0 Å². The van der Waals surface area contributed by atoms with Crippen LogP contribution in [0.5, 0.6) is 0 Å². The lowest BCUT2D eigenvalue weighted by Gasteiger charge is -2.16. The van der Waals surface area contributed by atoms with Crippen molar-refractivity contribution in [3.8, 4) is 0 Å². The topological polar surface area (TPSA) is 68.5 Å². The van der Waals surface area contributed by atoms with E-state index in [1.807, 2.05) is 0 Å². The van der Waals surface area contributed by atoms with E-state index in [1.165, 1.54) is 0 Å².